The molecule has 1 aromatic heterocycles. The Morgan fingerprint density at radius 2 is 2.21 bits per heavy atom. The van der Waals surface area contributed by atoms with Gasteiger partial charge in [-0.2, -0.15) is 5.10 Å². The Balaban J connectivity index is 1.97. The molecule has 102 valence electrons. The predicted octanol–water partition coefficient (Wildman–Crippen LogP) is 1.89. The summed E-state index contributed by atoms with van der Waals surface area (Å²) in [7, 11) is 0. The molecule has 0 amide bonds. The first-order valence-corrected chi connectivity index (χ1v) is 6.41. The number of benzene rings is 1. The zero-order valence-electron chi connectivity index (χ0n) is 11.0. The van der Waals surface area contributed by atoms with Crippen LogP contribution in [-0.2, 0) is 13.1 Å². The third kappa shape index (κ3) is 3.72. The Morgan fingerprint density at radius 1 is 1.37 bits per heavy atom. The first-order valence-electron chi connectivity index (χ1n) is 6.41. The number of aromatic nitrogens is 2. The third-order valence-corrected chi connectivity index (χ3v) is 2.69. The molecule has 0 saturated carbocycles. The van der Waals surface area contributed by atoms with E-state index < -0.39 is 0 Å². The second-order valence-corrected chi connectivity index (χ2v) is 4.12. The fraction of sp³-hybridized carbons (Fsp3) is 0.357. The number of ether oxygens (including phenoxy) is 1. The molecular weight excluding hydrogens is 242 g/mol. The Morgan fingerprint density at radius 3 is 3.00 bits per heavy atom. The lowest BCUT2D eigenvalue weighted by Gasteiger charge is -2.11. The molecule has 1 heterocycles. The summed E-state index contributed by atoms with van der Waals surface area (Å²) in [5.41, 5.74) is 2.04. The van der Waals surface area contributed by atoms with Crippen LogP contribution in [0.4, 0.5) is 5.69 Å². The molecule has 0 saturated heterocycles. The van der Waals surface area contributed by atoms with E-state index in [-0.39, 0.29) is 6.61 Å². The Bertz CT molecular complexity index is 511. The van der Waals surface area contributed by atoms with Crippen molar-refractivity contribution in [1.82, 2.24) is 9.78 Å². The van der Waals surface area contributed by atoms with Gasteiger partial charge in [0, 0.05) is 18.3 Å². The van der Waals surface area contributed by atoms with Crippen molar-refractivity contribution in [2.24, 2.45) is 0 Å². The normalized spacial score (nSPS) is 10.4. The van der Waals surface area contributed by atoms with Gasteiger partial charge in [0.05, 0.1) is 31.6 Å². The molecule has 2 aromatic rings. The molecule has 2 rings (SSSR count). The lowest BCUT2D eigenvalue weighted by Crippen LogP contribution is -2.03. The summed E-state index contributed by atoms with van der Waals surface area (Å²) >= 11 is 0. The minimum atomic E-state index is 0.0989. The fourth-order valence-corrected chi connectivity index (χ4v) is 1.81. The van der Waals surface area contributed by atoms with Gasteiger partial charge >= 0.3 is 0 Å². The van der Waals surface area contributed by atoms with E-state index in [4.69, 9.17) is 9.84 Å². The van der Waals surface area contributed by atoms with E-state index in [1.165, 1.54) is 0 Å². The molecule has 0 spiro atoms. The highest BCUT2D eigenvalue weighted by Crippen LogP contribution is 2.24. The van der Waals surface area contributed by atoms with Crippen molar-refractivity contribution in [3.05, 3.63) is 42.2 Å². The second kappa shape index (κ2) is 6.80. The van der Waals surface area contributed by atoms with Gasteiger partial charge in [0.25, 0.3) is 0 Å². The average molecular weight is 261 g/mol. The van der Waals surface area contributed by atoms with Gasteiger partial charge in [0.1, 0.15) is 5.75 Å². The monoisotopic (exact) mass is 261 g/mol. The highest BCUT2D eigenvalue weighted by atomic mass is 16.5. The maximum absolute atomic E-state index is 8.84. The summed E-state index contributed by atoms with van der Waals surface area (Å²) in [5.74, 6) is 0.854. The standard InChI is InChI=1S/C14H19N3O2/c1-2-19-14-6-4-3-5-13(14)15-9-12-10-16-17(11-12)7-8-18/h3-6,10-11,15,18H,2,7-9H2,1H3. The number of rotatable bonds is 7. The quantitative estimate of drug-likeness (QED) is 0.799. The molecule has 19 heavy (non-hydrogen) atoms. The van der Waals surface area contributed by atoms with Crippen LogP contribution in [0.2, 0.25) is 0 Å². The number of hydrogen-bond donors (Lipinski definition) is 2. The van der Waals surface area contributed by atoms with Crippen LogP contribution in [0.15, 0.2) is 36.7 Å². The van der Waals surface area contributed by atoms with Crippen molar-refractivity contribution in [2.45, 2.75) is 20.0 Å². The number of hydrogen-bond acceptors (Lipinski definition) is 4. The number of nitrogens with one attached hydrogen (secondary N) is 1. The smallest absolute Gasteiger partial charge is 0.142 e. The molecule has 0 aliphatic carbocycles. The van der Waals surface area contributed by atoms with Crippen molar-refractivity contribution in [1.29, 1.82) is 0 Å². The third-order valence-electron chi connectivity index (χ3n) is 2.69. The molecule has 0 bridgehead atoms. The van der Waals surface area contributed by atoms with Crippen molar-refractivity contribution in [3.63, 3.8) is 0 Å². The molecule has 0 unspecified atom stereocenters. The van der Waals surface area contributed by atoms with Gasteiger partial charge in [-0.1, -0.05) is 12.1 Å². The van der Waals surface area contributed by atoms with Crippen LogP contribution in [-0.4, -0.2) is 28.1 Å². The van der Waals surface area contributed by atoms with E-state index in [0.29, 0.717) is 19.7 Å². The van der Waals surface area contributed by atoms with Crippen LogP contribution >= 0.6 is 0 Å². The molecule has 5 nitrogen and oxygen atoms in total. The summed E-state index contributed by atoms with van der Waals surface area (Å²) in [6.07, 6.45) is 3.72. The van der Waals surface area contributed by atoms with Crippen LogP contribution in [0.25, 0.3) is 0 Å². The van der Waals surface area contributed by atoms with E-state index in [9.17, 15) is 0 Å². The van der Waals surface area contributed by atoms with Crippen molar-refractivity contribution < 1.29 is 9.84 Å². The fourth-order valence-electron chi connectivity index (χ4n) is 1.81. The summed E-state index contributed by atoms with van der Waals surface area (Å²) in [6, 6.07) is 7.86. The highest BCUT2D eigenvalue weighted by Gasteiger charge is 2.03. The van der Waals surface area contributed by atoms with Gasteiger partial charge in [0.2, 0.25) is 0 Å². The van der Waals surface area contributed by atoms with E-state index in [2.05, 4.69) is 10.4 Å². The highest BCUT2D eigenvalue weighted by molar-refractivity contribution is 5.56. The van der Waals surface area contributed by atoms with E-state index in [0.717, 1.165) is 17.0 Å². The first kappa shape index (κ1) is 13.4. The van der Waals surface area contributed by atoms with Crippen LogP contribution < -0.4 is 10.1 Å². The van der Waals surface area contributed by atoms with Gasteiger partial charge < -0.3 is 15.2 Å². The molecule has 0 aliphatic heterocycles. The number of nitrogens with zero attached hydrogens (tertiary/aromatic N) is 2. The number of para-hydroxylation sites is 2. The molecule has 1 aromatic carbocycles. The van der Waals surface area contributed by atoms with Gasteiger partial charge in [-0.05, 0) is 19.1 Å². The molecular formula is C14H19N3O2. The van der Waals surface area contributed by atoms with Crippen molar-refractivity contribution in [3.8, 4) is 5.75 Å². The van der Waals surface area contributed by atoms with E-state index in [1.54, 1.807) is 10.9 Å². The molecule has 0 aliphatic rings. The topological polar surface area (TPSA) is 59.3 Å². The lowest BCUT2D eigenvalue weighted by atomic mass is 10.2. The van der Waals surface area contributed by atoms with Gasteiger partial charge in [-0.3, -0.25) is 4.68 Å². The maximum atomic E-state index is 8.84. The summed E-state index contributed by atoms with van der Waals surface area (Å²) in [4.78, 5) is 0. The van der Waals surface area contributed by atoms with Gasteiger partial charge in [-0.25, -0.2) is 0 Å². The van der Waals surface area contributed by atoms with E-state index >= 15 is 0 Å². The largest absolute Gasteiger partial charge is 0.492 e. The SMILES string of the molecule is CCOc1ccccc1NCc1cnn(CCO)c1. The van der Waals surface area contributed by atoms with Crippen LogP contribution in [0.1, 0.15) is 12.5 Å². The van der Waals surface area contributed by atoms with Crippen molar-refractivity contribution >= 4 is 5.69 Å². The number of anilines is 1. The Kier molecular flexibility index (Phi) is 4.80. The van der Waals surface area contributed by atoms with Crippen molar-refractivity contribution in [2.75, 3.05) is 18.5 Å². The summed E-state index contributed by atoms with van der Waals surface area (Å²) in [5, 5.41) is 16.3. The summed E-state index contributed by atoms with van der Waals surface area (Å²) < 4.78 is 7.28. The molecule has 5 heteroatoms. The maximum Gasteiger partial charge on any atom is 0.142 e. The molecule has 0 atom stereocenters. The number of aliphatic hydroxyl groups excluding tert-OH is 1. The predicted molar refractivity (Wildman–Crippen MR) is 74.3 cm³/mol. The zero-order valence-corrected chi connectivity index (χ0v) is 11.0. The van der Waals surface area contributed by atoms with E-state index in [1.807, 2.05) is 37.4 Å². The van der Waals surface area contributed by atoms with Gasteiger partial charge in [0.15, 0.2) is 0 Å². The lowest BCUT2D eigenvalue weighted by molar-refractivity contribution is 0.269. The Labute approximate surface area is 112 Å². The minimum Gasteiger partial charge on any atom is -0.492 e. The summed E-state index contributed by atoms with van der Waals surface area (Å²) in [6.45, 7) is 3.91. The second-order valence-electron chi connectivity index (χ2n) is 4.12. The van der Waals surface area contributed by atoms with Crippen LogP contribution in [0.3, 0.4) is 0 Å². The van der Waals surface area contributed by atoms with Gasteiger partial charge in [-0.15, -0.1) is 0 Å². The zero-order chi connectivity index (χ0) is 13.5. The molecule has 0 fully saturated rings. The van der Waals surface area contributed by atoms with Crippen LogP contribution in [0.5, 0.6) is 5.75 Å². The average Bonchev–Trinajstić information content (AvgIpc) is 2.86. The van der Waals surface area contributed by atoms with Crippen LogP contribution in [0, 0.1) is 0 Å². The first-order chi connectivity index (χ1) is 9.33. The number of aliphatic hydroxyl groups is 1. The Hall–Kier alpha value is -2.01. The molecule has 2 N–H and O–H groups in total. The minimum absolute atomic E-state index is 0.0989. The molecule has 0 radical (unpaired) electrons.